The summed E-state index contributed by atoms with van der Waals surface area (Å²) in [6.07, 6.45) is 1.75. The van der Waals surface area contributed by atoms with Crippen LogP contribution in [0.4, 0.5) is 0 Å². The lowest BCUT2D eigenvalue weighted by atomic mass is 10.0. The number of carbonyl (C=O) groups is 2. The van der Waals surface area contributed by atoms with Crippen molar-refractivity contribution < 1.29 is 19.8 Å². The maximum atomic E-state index is 12.7. The third-order valence-electron chi connectivity index (χ3n) is 4.34. The second-order valence-electron chi connectivity index (χ2n) is 6.01. The van der Waals surface area contributed by atoms with Crippen LogP contribution >= 0.6 is 0 Å². The Hall–Kier alpha value is -2.82. The standard InChI is InChI=1S/C19H19NO4/c21-17-9-8-14(11-13-5-2-1-3-6-13)12-15(17)18(22)20-10-4-7-16(20)19(23)24/h1-3,5-6,8-9,12,16,21H,4,7,10-11H2,(H,23,24)/t16-/m1/s1. The van der Waals surface area contributed by atoms with Crippen molar-refractivity contribution in [3.05, 3.63) is 65.2 Å². The predicted molar refractivity (Wildman–Crippen MR) is 89.0 cm³/mol. The van der Waals surface area contributed by atoms with E-state index in [9.17, 15) is 19.8 Å². The van der Waals surface area contributed by atoms with Crippen LogP contribution in [0.1, 0.15) is 34.3 Å². The maximum Gasteiger partial charge on any atom is 0.326 e. The first kappa shape index (κ1) is 16.1. The third-order valence-corrected chi connectivity index (χ3v) is 4.34. The molecule has 0 spiro atoms. The molecule has 3 rings (SSSR count). The van der Waals surface area contributed by atoms with E-state index in [0.717, 1.165) is 11.1 Å². The summed E-state index contributed by atoms with van der Waals surface area (Å²) in [5.74, 6) is -1.54. The summed E-state index contributed by atoms with van der Waals surface area (Å²) in [5, 5.41) is 19.3. The molecule has 0 aromatic heterocycles. The minimum atomic E-state index is -0.999. The topological polar surface area (TPSA) is 77.8 Å². The van der Waals surface area contributed by atoms with Gasteiger partial charge in [0.15, 0.2) is 0 Å². The van der Waals surface area contributed by atoms with Crippen LogP contribution < -0.4 is 0 Å². The number of aromatic hydroxyl groups is 1. The molecule has 1 atom stereocenters. The average Bonchev–Trinajstić information content (AvgIpc) is 3.07. The van der Waals surface area contributed by atoms with Crippen molar-refractivity contribution in [1.82, 2.24) is 4.90 Å². The highest BCUT2D eigenvalue weighted by Gasteiger charge is 2.35. The van der Waals surface area contributed by atoms with Gasteiger partial charge in [0.05, 0.1) is 5.56 Å². The van der Waals surface area contributed by atoms with Crippen molar-refractivity contribution in [2.24, 2.45) is 0 Å². The van der Waals surface area contributed by atoms with Gasteiger partial charge in [0.1, 0.15) is 11.8 Å². The molecule has 2 aromatic carbocycles. The van der Waals surface area contributed by atoms with E-state index in [1.54, 1.807) is 12.1 Å². The Morgan fingerprint density at radius 2 is 1.83 bits per heavy atom. The monoisotopic (exact) mass is 325 g/mol. The molecular weight excluding hydrogens is 306 g/mol. The molecule has 0 saturated carbocycles. The molecule has 124 valence electrons. The number of likely N-dealkylation sites (tertiary alicyclic amines) is 1. The second-order valence-corrected chi connectivity index (χ2v) is 6.01. The van der Waals surface area contributed by atoms with Crippen molar-refractivity contribution in [2.75, 3.05) is 6.54 Å². The quantitative estimate of drug-likeness (QED) is 0.906. The van der Waals surface area contributed by atoms with Crippen molar-refractivity contribution in [3.63, 3.8) is 0 Å². The number of hydrogen-bond donors (Lipinski definition) is 2. The summed E-state index contributed by atoms with van der Waals surface area (Å²) in [6, 6.07) is 13.9. The highest BCUT2D eigenvalue weighted by Crippen LogP contribution is 2.26. The Bertz CT molecular complexity index is 757. The van der Waals surface area contributed by atoms with E-state index in [4.69, 9.17) is 0 Å². The minimum absolute atomic E-state index is 0.118. The molecule has 0 bridgehead atoms. The molecule has 1 saturated heterocycles. The lowest BCUT2D eigenvalue weighted by Gasteiger charge is -2.22. The van der Waals surface area contributed by atoms with E-state index in [1.807, 2.05) is 30.3 Å². The Morgan fingerprint density at radius 1 is 1.08 bits per heavy atom. The van der Waals surface area contributed by atoms with Crippen molar-refractivity contribution >= 4 is 11.9 Å². The number of carboxylic acid groups (broad SMARTS) is 1. The van der Waals surface area contributed by atoms with Gasteiger partial charge >= 0.3 is 5.97 Å². The van der Waals surface area contributed by atoms with Crippen molar-refractivity contribution in [1.29, 1.82) is 0 Å². The van der Waals surface area contributed by atoms with Gasteiger partial charge in [0.25, 0.3) is 5.91 Å². The van der Waals surface area contributed by atoms with Crippen molar-refractivity contribution in [2.45, 2.75) is 25.3 Å². The van der Waals surface area contributed by atoms with E-state index in [1.165, 1.54) is 11.0 Å². The van der Waals surface area contributed by atoms with Crippen LogP contribution in [0.15, 0.2) is 48.5 Å². The first-order chi connectivity index (χ1) is 11.6. The van der Waals surface area contributed by atoms with Gasteiger partial charge in [-0.2, -0.15) is 0 Å². The lowest BCUT2D eigenvalue weighted by Crippen LogP contribution is -2.40. The highest BCUT2D eigenvalue weighted by molar-refractivity contribution is 5.99. The van der Waals surface area contributed by atoms with Crippen LogP contribution in [-0.4, -0.2) is 39.6 Å². The van der Waals surface area contributed by atoms with Crippen LogP contribution in [-0.2, 0) is 11.2 Å². The van der Waals surface area contributed by atoms with E-state index >= 15 is 0 Å². The number of carboxylic acids is 1. The smallest absolute Gasteiger partial charge is 0.326 e. The summed E-state index contributed by atoms with van der Waals surface area (Å²) in [4.78, 5) is 25.3. The molecular formula is C19H19NO4. The van der Waals surface area contributed by atoms with Gasteiger partial charge in [-0.1, -0.05) is 36.4 Å². The number of amides is 1. The molecule has 0 aliphatic carbocycles. The Balaban J connectivity index is 1.86. The fraction of sp³-hybridized carbons (Fsp3) is 0.263. The highest BCUT2D eigenvalue weighted by atomic mass is 16.4. The second kappa shape index (κ2) is 6.74. The van der Waals surface area contributed by atoms with Crippen LogP contribution in [0.5, 0.6) is 5.75 Å². The number of nitrogens with zero attached hydrogens (tertiary/aromatic N) is 1. The van der Waals surface area contributed by atoms with Crippen LogP contribution in [0.25, 0.3) is 0 Å². The molecule has 2 N–H and O–H groups in total. The van der Waals surface area contributed by atoms with Crippen LogP contribution in [0.2, 0.25) is 0 Å². The number of rotatable bonds is 4. The largest absolute Gasteiger partial charge is 0.507 e. The number of phenolic OH excluding ortho intramolecular Hbond substituents is 1. The van der Waals surface area contributed by atoms with Crippen molar-refractivity contribution in [3.8, 4) is 5.75 Å². The summed E-state index contributed by atoms with van der Waals surface area (Å²) < 4.78 is 0. The van der Waals surface area contributed by atoms with E-state index < -0.39 is 17.9 Å². The molecule has 0 unspecified atom stereocenters. The Kier molecular flexibility index (Phi) is 4.51. The maximum absolute atomic E-state index is 12.7. The molecule has 1 amide bonds. The number of aliphatic carboxylic acids is 1. The molecule has 2 aromatic rings. The van der Waals surface area contributed by atoms with E-state index in [2.05, 4.69) is 0 Å². The molecule has 5 nitrogen and oxygen atoms in total. The SMILES string of the molecule is O=C(O)[C@H]1CCCN1C(=O)c1cc(Cc2ccccc2)ccc1O. The third kappa shape index (κ3) is 3.25. The molecule has 0 radical (unpaired) electrons. The zero-order chi connectivity index (χ0) is 17.1. The zero-order valence-electron chi connectivity index (χ0n) is 13.2. The van der Waals surface area contributed by atoms with Gasteiger partial charge in [-0.25, -0.2) is 4.79 Å². The predicted octanol–water partition coefficient (Wildman–Crippen LogP) is 2.67. The molecule has 5 heteroatoms. The van der Waals surface area contributed by atoms with Crippen LogP contribution in [0, 0.1) is 0 Å². The van der Waals surface area contributed by atoms with Gasteiger partial charge in [0, 0.05) is 6.54 Å². The van der Waals surface area contributed by atoms with E-state index in [0.29, 0.717) is 25.8 Å². The number of carbonyl (C=O) groups excluding carboxylic acids is 1. The van der Waals surface area contributed by atoms with Gasteiger partial charge in [0.2, 0.25) is 0 Å². The molecule has 1 aliphatic heterocycles. The summed E-state index contributed by atoms with van der Waals surface area (Å²) in [5.41, 5.74) is 2.16. The first-order valence-electron chi connectivity index (χ1n) is 7.96. The number of hydrogen-bond acceptors (Lipinski definition) is 3. The number of benzene rings is 2. The molecule has 1 fully saturated rings. The fourth-order valence-electron chi connectivity index (χ4n) is 3.12. The van der Waals surface area contributed by atoms with Crippen LogP contribution in [0.3, 0.4) is 0 Å². The van der Waals surface area contributed by atoms with Gasteiger partial charge < -0.3 is 15.1 Å². The summed E-state index contributed by atoms with van der Waals surface area (Å²) in [6.45, 7) is 0.401. The Labute approximate surface area is 140 Å². The summed E-state index contributed by atoms with van der Waals surface area (Å²) >= 11 is 0. The molecule has 1 aliphatic rings. The summed E-state index contributed by atoms with van der Waals surface area (Å²) in [7, 11) is 0. The zero-order valence-corrected chi connectivity index (χ0v) is 13.2. The van der Waals surface area contributed by atoms with E-state index in [-0.39, 0.29) is 11.3 Å². The minimum Gasteiger partial charge on any atom is -0.507 e. The Morgan fingerprint density at radius 3 is 2.54 bits per heavy atom. The van der Waals surface area contributed by atoms with Gasteiger partial charge in [-0.15, -0.1) is 0 Å². The fourth-order valence-corrected chi connectivity index (χ4v) is 3.12. The molecule has 1 heterocycles. The van der Waals surface area contributed by atoms with Gasteiger partial charge in [-0.05, 0) is 42.5 Å². The molecule has 24 heavy (non-hydrogen) atoms. The average molecular weight is 325 g/mol. The normalized spacial score (nSPS) is 17.0. The lowest BCUT2D eigenvalue weighted by molar-refractivity contribution is -0.141. The first-order valence-corrected chi connectivity index (χ1v) is 7.96. The number of phenols is 1. The van der Waals surface area contributed by atoms with Gasteiger partial charge in [-0.3, -0.25) is 4.79 Å².